The van der Waals surface area contributed by atoms with Gasteiger partial charge in [-0.2, -0.15) is 0 Å². The van der Waals surface area contributed by atoms with Crippen LogP contribution in [0.5, 0.6) is 0 Å². The van der Waals surface area contributed by atoms with Crippen molar-refractivity contribution in [2.45, 2.75) is 339 Å². The third-order valence-corrected chi connectivity index (χ3v) is 26.8. The van der Waals surface area contributed by atoms with E-state index in [0.29, 0.717) is 0 Å². The van der Waals surface area contributed by atoms with E-state index < -0.39 is 0 Å². The summed E-state index contributed by atoms with van der Waals surface area (Å²) < 4.78 is -0.221. The van der Waals surface area contributed by atoms with E-state index in [1.54, 1.807) is 5.57 Å². The lowest BCUT2D eigenvalue weighted by molar-refractivity contribution is 0.552. The Kier molecular flexibility index (Phi) is 29.2. The highest BCUT2D eigenvalue weighted by Gasteiger charge is 2.60. The number of benzene rings is 4. The predicted octanol–water partition coefficient (Wildman–Crippen LogP) is 29.7. The summed E-state index contributed by atoms with van der Waals surface area (Å²) >= 11 is 4.19. The molecule has 0 amide bonds. The van der Waals surface area contributed by atoms with E-state index in [1.165, 1.54) is 365 Å². The number of unbranched alkanes of at least 4 members (excludes halogenated alkanes) is 36. The minimum atomic E-state index is -0.386. The Labute approximate surface area is 608 Å². The van der Waals surface area contributed by atoms with Crippen molar-refractivity contribution in [2.24, 2.45) is 5.41 Å². The molecular formula is C96H130S2. The summed E-state index contributed by atoms with van der Waals surface area (Å²) in [4.78, 5) is 3.00. The van der Waals surface area contributed by atoms with Crippen LogP contribution in [-0.4, -0.2) is 4.75 Å². The van der Waals surface area contributed by atoms with Crippen LogP contribution in [-0.2, 0) is 36.5 Å². The zero-order chi connectivity index (χ0) is 67.6. The molecule has 2 atom stereocenters. The molecule has 0 fully saturated rings. The summed E-state index contributed by atoms with van der Waals surface area (Å²) in [6.45, 7) is 9.28. The molecular weight excluding hydrogens is 1220 g/mol. The van der Waals surface area contributed by atoms with Gasteiger partial charge in [-0.1, -0.05) is 416 Å². The van der Waals surface area contributed by atoms with E-state index >= 15 is 0 Å². The summed E-state index contributed by atoms with van der Waals surface area (Å²) in [6.07, 6.45) is 85.7. The standard InChI is InChI=1S/C96H130S2/c1-5-9-13-17-21-25-29-33-37-41-46-77-51-59-82(60-52-77)93(83-61-53-78(54-62-83)47-42-38-34-30-26-22-18-14-10-6-2)70-67-88-81(73-93)74-96-89(68-71-97-96)91-90(98-92(88)96)72-87-76-94(75-86-50-45-69-95(86,87)91,84-63-55-79(56-64-84)48-43-39-35-31-27-23-19-15-11-7-3)85-65-57-80(58-66-85)49-44-40-36-32-28-24-20-16-12-8-4/h45,50-68,70-72,74-76H,5-44,46-49,69,73H2,1-4H3. The van der Waals surface area contributed by atoms with Crippen molar-refractivity contribution in [2.75, 3.05) is 0 Å². The summed E-state index contributed by atoms with van der Waals surface area (Å²) in [5.74, 6) is 0. The van der Waals surface area contributed by atoms with Crippen molar-refractivity contribution in [3.8, 4) is 0 Å². The molecule has 98 heavy (non-hydrogen) atoms. The largest absolute Gasteiger partial charge is 0.113 e. The molecule has 0 bridgehead atoms. The van der Waals surface area contributed by atoms with Crippen LogP contribution in [0.15, 0.2) is 200 Å². The maximum atomic E-state index is 2.78. The lowest BCUT2D eigenvalue weighted by atomic mass is 9.60. The van der Waals surface area contributed by atoms with Crippen LogP contribution in [0.3, 0.4) is 0 Å². The minimum Gasteiger partial charge on any atom is -0.113 e. The second kappa shape index (κ2) is 38.5. The second-order valence-electron chi connectivity index (χ2n) is 31.5. The molecule has 0 nitrogen and oxygen atoms in total. The molecule has 4 aromatic carbocycles. The van der Waals surface area contributed by atoms with E-state index in [4.69, 9.17) is 0 Å². The fourth-order valence-electron chi connectivity index (χ4n) is 18.2. The average molecular weight is 1350 g/mol. The van der Waals surface area contributed by atoms with Gasteiger partial charge in [-0.15, -0.1) is 11.8 Å². The molecule has 2 unspecified atom stereocenters. The number of rotatable bonds is 48. The van der Waals surface area contributed by atoms with Crippen molar-refractivity contribution in [3.63, 3.8) is 0 Å². The molecule has 2 aliphatic heterocycles. The van der Waals surface area contributed by atoms with Gasteiger partial charge in [-0.05, 0) is 154 Å². The SMILES string of the molecule is CCCCCCCCCCCCc1ccc(C2(c3ccc(CCCCCCCCCCCC)cc3)C=C3C=CCC34C(=C2)C=C2SC3=C5C=CC(c6ccc(CCCCCCCCCCCC)cc6)(c6ccc(CCCCCCCCCCCC)cc6)CC5=CC35SC=CC5=C24)cc1. The van der Waals surface area contributed by atoms with Crippen LogP contribution in [0.4, 0.5) is 0 Å². The minimum absolute atomic E-state index is 0.193. The van der Waals surface area contributed by atoms with Crippen molar-refractivity contribution >= 4 is 23.5 Å². The molecule has 0 aromatic heterocycles. The van der Waals surface area contributed by atoms with E-state index in [1.807, 2.05) is 0 Å². The maximum absolute atomic E-state index is 2.78. The van der Waals surface area contributed by atoms with Crippen LogP contribution in [0.1, 0.15) is 342 Å². The number of allylic oxidation sites excluding steroid dienone is 13. The monoisotopic (exact) mass is 1350 g/mol. The molecule has 5 aliphatic carbocycles. The molecule has 2 spiro atoms. The molecule has 0 saturated heterocycles. The maximum Gasteiger partial charge on any atom is 0.0956 e. The molecule has 0 radical (unpaired) electrons. The van der Waals surface area contributed by atoms with Crippen molar-refractivity contribution < 1.29 is 0 Å². The lowest BCUT2D eigenvalue weighted by Crippen LogP contribution is -2.36. The number of thioether (sulfide) groups is 2. The van der Waals surface area contributed by atoms with E-state index in [0.717, 1.165) is 12.8 Å². The highest BCUT2D eigenvalue weighted by molar-refractivity contribution is 8.10. The van der Waals surface area contributed by atoms with Crippen LogP contribution in [0, 0.1) is 5.41 Å². The molecule has 7 aliphatic rings. The molecule has 4 aromatic rings. The summed E-state index contributed by atoms with van der Waals surface area (Å²) in [5, 5.41) is 2.46. The Morgan fingerprint density at radius 3 is 1.10 bits per heavy atom. The molecule has 2 heteroatoms. The molecule has 0 saturated carbocycles. The zero-order valence-corrected chi connectivity index (χ0v) is 64.0. The van der Waals surface area contributed by atoms with Crippen molar-refractivity contribution in [3.05, 3.63) is 245 Å². The van der Waals surface area contributed by atoms with Gasteiger partial charge in [0.15, 0.2) is 0 Å². The van der Waals surface area contributed by atoms with Gasteiger partial charge in [0.05, 0.1) is 10.2 Å². The molecule has 11 rings (SSSR count). The van der Waals surface area contributed by atoms with Crippen LogP contribution < -0.4 is 0 Å². The fourth-order valence-corrected chi connectivity index (χ4v) is 21.0. The Morgan fingerprint density at radius 1 is 0.357 bits per heavy atom. The van der Waals surface area contributed by atoms with Gasteiger partial charge in [0.2, 0.25) is 0 Å². The summed E-state index contributed by atoms with van der Waals surface area (Å²) in [7, 11) is 0. The first-order valence-electron chi connectivity index (χ1n) is 41.6. The van der Waals surface area contributed by atoms with Gasteiger partial charge >= 0.3 is 0 Å². The quantitative estimate of drug-likeness (QED) is 0.0404. The van der Waals surface area contributed by atoms with Crippen molar-refractivity contribution in [1.82, 2.24) is 0 Å². The Morgan fingerprint density at radius 2 is 0.714 bits per heavy atom. The topological polar surface area (TPSA) is 0 Å². The van der Waals surface area contributed by atoms with Crippen LogP contribution in [0.25, 0.3) is 0 Å². The molecule has 0 N–H and O–H groups in total. The predicted molar refractivity (Wildman–Crippen MR) is 433 cm³/mol. The van der Waals surface area contributed by atoms with Crippen LogP contribution in [0.2, 0.25) is 0 Å². The first-order valence-corrected chi connectivity index (χ1v) is 43.3. The smallest absolute Gasteiger partial charge is 0.0956 e. The highest BCUT2D eigenvalue weighted by atomic mass is 32.2. The van der Waals surface area contributed by atoms with Gasteiger partial charge < -0.3 is 0 Å². The van der Waals surface area contributed by atoms with Gasteiger partial charge in [0.1, 0.15) is 0 Å². The van der Waals surface area contributed by atoms with E-state index in [-0.39, 0.29) is 21.0 Å². The average Bonchev–Trinajstić information content (AvgIpc) is 1.50. The third kappa shape index (κ3) is 18.3. The molecule has 2 heterocycles. The number of hydrogen-bond acceptors (Lipinski definition) is 2. The Hall–Kier alpha value is -4.76. The van der Waals surface area contributed by atoms with Crippen LogP contribution >= 0.6 is 23.5 Å². The highest BCUT2D eigenvalue weighted by Crippen LogP contribution is 2.73. The summed E-state index contributed by atoms with van der Waals surface area (Å²) in [6, 6.07) is 40.1. The lowest BCUT2D eigenvalue weighted by Gasteiger charge is -2.44. The number of hydrogen-bond donors (Lipinski definition) is 0. The first kappa shape index (κ1) is 74.4. The molecule has 526 valence electrons. The number of aryl methyl sites for hydroxylation is 4. The van der Waals surface area contributed by atoms with Gasteiger partial charge in [0.25, 0.3) is 0 Å². The fraction of sp³-hybridized carbons (Fsp3) is 0.562. The van der Waals surface area contributed by atoms with Crippen molar-refractivity contribution in [1.29, 1.82) is 0 Å². The van der Waals surface area contributed by atoms with Gasteiger partial charge in [-0.25, -0.2) is 0 Å². The summed E-state index contributed by atoms with van der Waals surface area (Å²) in [5.41, 5.74) is 19.9. The van der Waals surface area contributed by atoms with Gasteiger partial charge in [-0.3, -0.25) is 0 Å². The zero-order valence-electron chi connectivity index (χ0n) is 62.4. The Bertz CT molecular complexity index is 3260. The third-order valence-electron chi connectivity index (χ3n) is 24.2. The van der Waals surface area contributed by atoms with E-state index in [9.17, 15) is 0 Å². The second-order valence-corrected chi connectivity index (χ2v) is 33.7. The van der Waals surface area contributed by atoms with Gasteiger partial charge in [0, 0.05) is 20.6 Å². The van der Waals surface area contributed by atoms with E-state index in [2.05, 4.69) is 208 Å². The number of fused-ring (bicyclic) bond motifs is 2. The first-order chi connectivity index (χ1) is 48.4. The Balaban J connectivity index is 0.849. The normalized spacial score (nSPS) is 19.7.